The van der Waals surface area contributed by atoms with Gasteiger partial charge >= 0.3 is 0 Å². The van der Waals surface area contributed by atoms with Crippen molar-refractivity contribution in [2.45, 2.75) is 0 Å². The molecule has 9 aromatic rings. The summed E-state index contributed by atoms with van der Waals surface area (Å²) in [4.78, 5) is 15.2. The molecule has 3 aromatic heterocycles. The van der Waals surface area contributed by atoms with Crippen molar-refractivity contribution >= 4 is 32.6 Å². The van der Waals surface area contributed by atoms with E-state index >= 15 is 0 Å². The summed E-state index contributed by atoms with van der Waals surface area (Å²) in [5, 5.41) is 14.5. The van der Waals surface area contributed by atoms with Crippen molar-refractivity contribution in [1.29, 1.82) is 0 Å². The van der Waals surface area contributed by atoms with Crippen LogP contribution in [0.15, 0.2) is 164 Å². The van der Waals surface area contributed by atoms with Crippen LogP contribution >= 0.6 is 0 Å². The Morgan fingerprint density at radius 3 is 1.94 bits per heavy atom. The first kappa shape index (κ1) is 27.7. The van der Waals surface area contributed by atoms with Crippen LogP contribution in [0, 0.1) is 0 Å². The molecule has 0 atom stereocenters. The summed E-state index contributed by atoms with van der Waals surface area (Å²) < 4.78 is 2.22. The molecule has 0 spiro atoms. The predicted octanol–water partition coefficient (Wildman–Crippen LogP) is 10.5. The van der Waals surface area contributed by atoms with Crippen LogP contribution < -0.4 is 0 Å². The van der Waals surface area contributed by atoms with Gasteiger partial charge in [-0.05, 0) is 40.8 Å². The van der Waals surface area contributed by atoms with Crippen molar-refractivity contribution in [3.8, 4) is 56.5 Å². The van der Waals surface area contributed by atoms with Crippen molar-refractivity contribution in [3.05, 3.63) is 164 Å². The molecule has 226 valence electrons. The number of phenolic OH excluding ortho intramolecular Hbond substituents is 1. The average Bonchev–Trinajstić information content (AvgIpc) is 3.60. The molecule has 3 heterocycles. The van der Waals surface area contributed by atoms with Crippen LogP contribution in [0.1, 0.15) is 0 Å². The van der Waals surface area contributed by atoms with Gasteiger partial charge in [0, 0.05) is 45.2 Å². The van der Waals surface area contributed by atoms with E-state index < -0.39 is 0 Å². The van der Waals surface area contributed by atoms with E-state index in [0.29, 0.717) is 0 Å². The molecular formula is C43H28N4O. The van der Waals surface area contributed by atoms with Crippen LogP contribution in [0.3, 0.4) is 0 Å². The third-order valence-electron chi connectivity index (χ3n) is 8.98. The Bertz CT molecular complexity index is 2560. The molecule has 1 N–H and O–H groups in total. The number of para-hydroxylation sites is 1. The zero-order valence-electron chi connectivity index (χ0n) is 25.8. The Morgan fingerprint density at radius 2 is 1.17 bits per heavy atom. The number of aromatic nitrogens is 4. The van der Waals surface area contributed by atoms with Gasteiger partial charge in [0.2, 0.25) is 0 Å². The molecule has 5 heteroatoms. The molecule has 5 nitrogen and oxygen atoms in total. The number of hydrogen-bond acceptors (Lipinski definition) is 4. The van der Waals surface area contributed by atoms with E-state index in [2.05, 4.69) is 101 Å². The highest BCUT2D eigenvalue weighted by molar-refractivity contribution is 6.09. The second-order valence-electron chi connectivity index (χ2n) is 11.8. The molecule has 0 saturated carbocycles. The minimum Gasteiger partial charge on any atom is -0.507 e. The summed E-state index contributed by atoms with van der Waals surface area (Å²) in [7, 11) is 0. The zero-order valence-corrected chi connectivity index (χ0v) is 25.8. The molecule has 0 fully saturated rings. The fraction of sp³-hybridized carbons (Fsp3) is 0. The standard InChI is InChI=1S/C43H28N4O/c48-39-21-7-15-30-22-23-31-24-25-37(45-41(31)40(30)39)38-27-47(43(46-38)35-18-9-20-36-34(35)19-10-26-44-36)42-32(28-11-3-1-4-12-28)16-8-17-33(42)29-13-5-2-6-14-29/h1-27,48H. The number of imidazole rings is 1. The Morgan fingerprint density at radius 1 is 0.500 bits per heavy atom. The summed E-state index contributed by atoms with van der Waals surface area (Å²) in [5.74, 6) is 0.994. The molecule has 0 bridgehead atoms. The molecule has 0 amide bonds. The first-order chi connectivity index (χ1) is 23.7. The number of pyridine rings is 2. The van der Waals surface area contributed by atoms with E-state index in [1.807, 2.05) is 66.9 Å². The lowest BCUT2D eigenvalue weighted by atomic mass is 9.95. The maximum absolute atomic E-state index is 10.9. The Balaban J connectivity index is 1.37. The van der Waals surface area contributed by atoms with E-state index in [0.717, 1.165) is 83.3 Å². The predicted molar refractivity (Wildman–Crippen MR) is 195 cm³/mol. The first-order valence-electron chi connectivity index (χ1n) is 15.9. The van der Waals surface area contributed by atoms with Gasteiger partial charge in [0.15, 0.2) is 0 Å². The number of fused-ring (bicyclic) bond motifs is 4. The Hall–Kier alpha value is -6.59. The fourth-order valence-corrected chi connectivity index (χ4v) is 6.75. The van der Waals surface area contributed by atoms with Crippen molar-refractivity contribution in [2.24, 2.45) is 0 Å². The number of rotatable bonds is 5. The van der Waals surface area contributed by atoms with Crippen LogP contribution in [0.2, 0.25) is 0 Å². The van der Waals surface area contributed by atoms with Gasteiger partial charge in [-0.15, -0.1) is 0 Å². The molecule has 0 radical (unpaired) electrons. The molecule has 9 rings (SSSR count). The largest absolute Gasteiger partial charge is 0.507 e. The second kappa shape index (κ2) is 11.3. The highest BCUT2D eigenvalue weighted by atomic mass is 16.3. The summed E-state index contributed by atoms with van der Waals surface area (Å²) in [6.07, 6.45) is 3.92. The van der Waals surface area contributed by atoms with Crippen molar-refractivity contribution in [2.75, 3.05) is 0 Å². The van der Waals surface area contributed by atoms with Crippen LogP contribution in [-0.2, 0) is 0 Å². The summed E-state index contributed by atoms with van der Waals surface area (Å²) in [5.41, 5.74) is 9.46. The molecule has 48 heavy (non-hydrogen) atoms. The third-order valence-corrected chi connectivity index (χ3v) is 8.98. The van der Waals surface area contributed by atoms with E-state index in [1.165, 1.54) is 0 Å². The monoisotopic (exact) mass is 616 g/mol. The lowest BCUT2D eigenvalue weighted by Gasteiger charge is -2.19. The lowest BCUT2D eigenvalue weighted by molar-refractivity contribution is 0.482. The molecular weight excluding hydrogens is 589 g/mol. The van der Waals surface area contributed by atoms with Gasteiger partial charge in [-0.1, -0.05) is 127 Å². The first-order valence-corrected chi connectivity index (χ1v) is 15.9. The average molecular weight is 617 g/mol. The smallest absolute Gasteiger partial charge is 0.146 e. The number of hydrogen-bond donors (Lipinski definition) is 1. The van der Waals surface area contributed by atoms with Crippen LogP contribution in [-0.4, -0.2) is 24.6 Å². The quantitative estimate of drug-likeness (QED) is 0.195. The third kappa shape index (κ3) is 4.60. The maximum atomic E-state index is 10.9. The van der Waals surface area contributed by atoms with E-state index in [9.17, 15) is 5.11 Å². The Kier molecular flexibility index (Phi) is 6.54. The fourth-order valence-electron chi connectivity index (χ4n) is 6.75. The van der Waals surface area contributed by atoms with Crippen molar-refractivity contribution in [1.82, 2.24) is 19.5 Å². The molecule has 0 aliphatic rings. The minimum atomic E-state index is 0.210. The van der Waals surface area contributed by atoms with Crippen molar-refractivity contribution in [3.63, 3.8) is 0 Å². The Labute approximate surface area is 277 Å². The van der Waals surface area contributed by atoms with Gasteiger partial charge in [0.1, 0.15) is 17.3 Å². The van der Waals surface area contributed by atoms with Crippen molar-refractivity contribution < 1.29 is 5.11 Å². The number of aromatic hydroxyl groups is 1. The molecule has 0 unspecified atom stereocenters. The molecule has 0 saturated heterocycles. The lowest BCUT2D eigenvalue weighted by Crippen LogP contribution is -2.02. The van der Waals surface area contributed by atoms with Gasteiger partial charge < -0.3 is 5.11 Å². The van der Waals surface area contributed by atoms with Crippen LogP contribution in [0.5, 0.6) is 5.75 Å². The van der Waals surface area contributed by atoms with E-state index in [1.54, 1.807) is 6.07 Å². The van der Waals surface area contributed by atoms with Crippen LogP contribution in [0.25, 0.3) is 83.3 Å². The second-order valence-corrected chi connectivity index (χ2v) is 11.8. The SMILES string of the molecule is Oc1cccc2ccc3ccc(-c4cn(-c5c(-c6ccccc6)cccc5-c5ccccc5)c(-c5cccc6ncccc56)n4)nc3c12. The zero-order chi connectivity index (χ0) is 32.0. The summed E-state index contributed by atoms with van der Waals surface area (Å²) in [6, 6.07) is 51.4. The van der Waals surface area contributed by atoms with Crippen LogP contribution in [0.4, 0.5) is 0 Å². The number of benzene rings is 6. The van der Waals surface area contributed by atoms with Gasteiger partial charge in [-0.25, -0.2) is 9.97 Å². The highest BCUT2D eigenvalue weighted by Crippen LogP contribution is 2.41. The molecule has 0 aliphatic carbocycles. The van der Waals surface area contributed by atoms with Gasteiger partial charge in [0.05, 0.1) is 22.4 Å². The topological polar surface area (TPSA) is 63.8 Å². The van der Waals surface area contributed by atoms with E-state index in [-0.39, 0.29) is 5.75 Å². The van der Waals surface area contributed by atoms with Gasteiger partial charge in [0.25, 0.3) is 0 Å². The molecule has 0 aliphatic heterocycles. The maximum Gasteiger partial charge on any atom is 0.146 e. The van der Waals surface area contributed by atoms with Gasteiger partial charge in [-0.3, -0.25) is 9.55 Å². The van der Waals surface area contributed by atoms with Gasteiger partial charge in [-0.2, -0.15) is 0 Å². The highest BCUT2D eigenvalue weighted by Gasteiger charge is 2.22. The summed E-state index contributed by atoms with van der Waals surface area (Å²) in [6.45, 7) is 0. The van der Waals surface area contributed by atoms with E-state index in [4.69, 9.17) is 9.97 Å². The minimum absolute atomic E-state index is 0.210. The molecule has 6 aromatic carbocycles. The normalized spacial score (nSPS) is 11.4. The number of phenols is 1. The number of nitrogens with zero attached hydrogens (tertiary/aromatic N) is 4. The summed E-state index contributed by atoms with van der Waals surface area (Å²) >= 11 is 0.